The van der Waals surface area contributed by atoms with E-state index >= 15 is 0 Å². The van der Waals surface area contributed by atoms with Crippen molar-refractivity contribution in [2.75, 3.05) is 14.2 Å². The smallest absolute Gasteiger partial charge is 0.306 e. The SMILES string of the molecule is COc1cc(CCC(=O)OCc2nc(-c3ccc(F)cc3)no2)cc(OC)c1. The molecule has 7 nitrogen and oxygen atoms in total. The van der Waals surface area contributed by atoms with Crippen molar-refractivity contribution in [3.8, 4) is 22.9 Å². The summed E-state index contributed by atoms with van der Waals surface area (Å²) >= 11 is 0. The van der Waals surface area contributed by atoms with Gasteiger partial charge in [-0.3, -0.25) is 4.79 Å². The Morgan fingerprint density at radius 1 is 1.07 bits per heavy atom. The van der Waals surface area contributed by atoms with Gasteiger partial charge in [-0.25, -0.2) is 4.39 Å². The van der Waals surface area contributed by atoms with Gasteiger partial charge < -0.3 is 18.7 Å². The molecule has 146 valence electrons. The van der Waals surface area contributed by atoms with Crippen LogP contribution >= 0.6 is 0 Å². The Morgan fingerprint density at radius 3 is 2.39 bits per heavy atom. The summed E-state index contributed by atoms with van der Waals surface area (Å²) in [6.45, 7) is -0.130. The summed E-state index contributed by atoms with van der Waals surface area (Å²) in [6, 6.07) is 11.1. The monoisotopic (exact) mass is 386 g/mol. The molecule has 0 bridgehead atoms. The zero-order valence-corrected chi connectivity index (χ0v) is 15.5. The number of halogens is 1. The summed E-state index contributed by atoms with van der Waals surface area (Å²) in [5, 5.41) is 3.80. The Morgan fingerprint density at radius 2 is 1.75 bits per heavy atom. The van der Waals surface area contributed by atoms with E-state index in [2.05, 4.69) is 10.1 Å². The maximum absolute atomic E-state index is 13.0. The van der Waals surface area contributed by atoms with Crippen LogP contribution in [0.3, 0.4) is 0 Å². The lowest BCUT2D eigenvalue weighted by molar-refractivity contribution is -0.145. The molecule has 0 aliphatic carbocycles. The van der Waals surface area contributed by atoms with E-state index in [1.165, 1.54) is 12.1 Å². The van der Waals surface area contributed by atoms with Crippen molar-refractivity contribution in [2.45, 2.75) is 19.4 Å². The van der Waals surface area contributed by atoms with Crippen molar-refractivity contribution >= 4 is 5.97 Å². The molecule has 3 rings (SSSR count). The number of ether oxygens (including phenoxy) is 3. The number of aryl methyl sites for hydroxylation is 1. The van der Waals surface area contributed by atoms with Gasteiger partial charge in [0.15, 0.2) is 6.61 Å². The maximum atomic E-state index is 13.0. The summed E-state index contributed by atoms with van der Waals surface area (Å²) in [5.41, 5.74) is 1.50. The predicted molar refractivity (Wildman–Crippen MR) is 97.4 cm³/mol. The van der Waals surface area contributed by atoms with Gasteiger partial charge in [-0.2, -0.15) is 4.98 Å². The van der Waals surface area contributed by atoms with E-state index in [4.69, 9.17) is 18.7 Å². The van der Waals surface area contributed by atoms with Gasteiger partial charge in [0.25, 0.3) is 5.89 Å². The number of hydrogen-bond donors (Lipinski definition) is 0. The minimum Gasteiger partial charge on any atom is -0.497 e. The quantitative estimate of drug-likeness (QED) is 0.547. The highest BCUT2D eigenvalue weighted by atomic mass is 19.1. The van der Waals surface area contributed by atoms with E-state index in [0.29, 0.717) is 29.3 Å². The van der Waals surface area contributed by atoms with E-state index in [9.17, 15) is 9.18 Å². The van der Waals surface area contributed by atoms with Crippen molar-refractivity contribution < 1.29 is 27.9 Å². The number of rotatable bonds is 8. The second-order valence-electron chi connectivity index (χ2n) is 5.90. The fraction of sp³-hybridized carbons (Fsp3) is 0.250. The minimum absolute atomic E-state index is 0.130. The largest absolute Gasteiger partial charge is 0.497 e. The zero-order chi connectivity index (χ0) is 19.9. The molecule has 1 heterocycles. The van der Waals surface area contributed by atoms with Crippen molar-refractivity contribution in [3.63, 3.8) is 0 Å². The molecule has 0 aliphatic heterocycles. The van der Waals surface area contributed by atoms with Crippen LogP contribution in [0.25, 0.3) is 11.4 Å². The first kappa shape index (κ1) is 19.3. The summed E-state index contributed by atoms with van der Waals surface area (Å²) < 4.78 is 33.6. The Bertz CT molecular complexity index is 918. The first-order chi connectivity index (χ1) is 13.6. The van der Waals surface area contributed by atoms with Gasteiger partial charge >= 0.3 is 5.97 Å². The first-order valence-corrected chi connectivity index (χ1v) is 8.53. The van der Waals surface area contributed by atoms with Crippen LogP contribution in [0.4, 0.5) is 4.39 Å². The van der Waals surface area contributed by atoms with Gasteiger partial charge in [-0.1, -0.05) is 5.16 Å². The predicted octanol–water partition coefficient (Wildman–Crippen LogP) is 3.57. The molecule has 2 aromatic carbocycles. The molecule has 0 N–H and O–H groups in total. The molecular formula is C20H19FN2O5. The van der Waals surface area contributed by atoms with Gasteiger partial charge in [0.2, 0.25) is 5.82 Å². The highest BCUT2D eigenvalue weighted by Gasteiger charge is 2.12. The molecule has 0 radical (unpaired) electrons. The Labute approximate surface area is 161 Å². The van der Waals surface area contributed by atoms with Crippen LogP contribution in [-0.2, 0) is 22.6 Å². The third-order valence-corrected chi connectivity index (χ3v) is 3.96. The van der Waals surface area contributed by atoms with Gasteiger partial charge in [0, 0.05) is 18.1 Å². The van der Waals surface area contributed by atoms with E-state index < -0.39 is 5.97 Å². The van der Waals surface area contributed by atoms with Gasteiger partial charge in [0.05, 0.1) is 14.2 Å². The lowest BCUT2D eigenvalue weighted by atomic mass is 10.1. The molecule has 0 saturated heterocycles. The number of carbonyl (C=O) groups excluding carboxylic acids is 1. The molecule has 0 saturated carbocycles. The molecule has 0 atom stereocenters. The van der Waals surface area contributed by atoms with Crippen molar-refractivity contribution in [1.82, 2.24) is 10.1 Å². The number of carbonyl (C=O) groups is 1. The van der Waals surface area contributed by atoms with Crippen LogP contribution in [0.15, 0.2) is 47.0 Å². The average molecular weight is 386 g/mol. The zero-order valence-electron chi connectivity index (χ0n) is 15.5. The van der Waals surface area contributed by atoms with Crippen LogP contribution < -0.4 is 9.47 Å². The van der Waals surface area contributed by atoms with Gasteiger partial charge in [-0.05, 0) is 48.4 Å². The van der Waals surface area contributed by atoms with Crippen molar-refractivity contribution in [1.29, 1.82) is 0 Å². The lowest BCUT2D eigenvalue weighted by Crippen LogP contribution is -2.06. The molecule has 0 fully saturated rings. The molecule has 0 amide bonds. The molecule has 0 unspecified atom stereocenters. The van der Waals surface area contributed by atoms with Crippen LogP contribution in [0.2, 0.25) is 0 Å². The number of benzene rings is 2. The fourth-order valence-electron chi connectivity index (χ4n) is 2.50. The number of nitrogens with zero attached hydrogens (tertiary/aromatic N) is 2. The maximum Gasteiger partial charge on any atom is 0.306 e. The Balaban J connectivity index is 1.52. The Hall–Kier alpha value is -3.42. The van der Waals surface area contributed by atoms with Crippen LogP contribution in [0.5, 0.6) is 11.5 Å². The lowest BCUT2D eigenvalue weighted by Gasteiger charge is -2.08. The number of aromatic nitrogens is 2. The normalized spacial score (nSPS) is 10.5. The van der Waals surface area contributed by atoms with E-state index in [0.717, 1.165) is 5.56 Å². The number of esters is 1. The topological polar surface area (TPSA) is 83.7 Å². The summed E-state index contributed by atoms with van der Waals surface area (Å²) in [6.07, 6.45) is 0.645. The highest BCUT2D eigenvalue weighted by Crippen LogP contribution is 2.23. The summed E-state index contributed by atoms with van der Waals surface area (Å²) in [7, 11) is 3.13. The number of hydrogen-bond acceptors (Lipinski definition) is 7. The van der Waals surface area contributed by atoms with Crippen LogP contribution in [0.1, 0.15) is 17.9 Å². The minimum atomic E-state index is -0.400. The molecule has 8 heteroatoms. The molecule has 28 heavy (non-hydrogen) atoms. The standard InChI is InChI=1S/C20H19FN2O5/c1-25-16-9-13(10-17(11-16)26-2)3-8-19(24)27-12-18-22-20(23-28-18)14-4-6-15(21)7-5-14/h4-7,9-11H,3,8,12H2,1-2H3. The molecule has 3 aromatic rings. The van der Waals surface area contributed by atoms with Gasteiger partial charge in [0.1, 0.15) is 17.3 Å². The molecule has 1 aromatic heterocycles. The second-order valence-corrected chi connectivity index (χ2v) is 5.90. The van der Waals surface area contributed by atoms with Crippen LogP contribution in [-0.4, -0.2) is 30.3 Å². The highest BCUT2D eigenvalue weighted by molar-refractivity contribution is 5.69. The van der Waals surface area contributed by atoms with E-state index in [1.54, 1.807) is 32.4 Å². The second kappa shape index (κ2) is 8.98. The fourth-order valence-corrected chi connectivity index (χ4v) is 2.50. The third kappa shape index (κ3) is 5.06. The van der Waals surface area contributed by atoms with E-state index in [1.807, 2.05) is 12.1 Å². The van der Waals surface area contributed by atoms with Crippen molar-refractivity contribution in [2.24, 2.45) is 0 Å². The summed E-state index contributed by atoms with van der Waals surface area (Å²) in [5.74, 6) is 1.02. The molecule has 0 spiro atoms. The molecule has 0 aliphatic rings. The van der Waals surface area contributed by atoms with E-state index in [-0.39, 0.29) is 24.7 Å². The third-order valence-electron chi connectivity index (χ3n) is 3.96. The summed E-state index contributed by atoms with van der Waals surface area (Å²) in [4.78, 5) is 16.1. The van der Waals surface area contributed by atoms with Crippen molar-refractivity contribution in [3.05, 3.63) is 59.7 Å². The average Bonchev–Trinajstić information content (AvgIpc) is 3.20. The number of methoxy groups -OCH3 is 2. The molecular weight excluding hydrogens is 367 g/mol. The first-order valence-electron chi connectivity index (χ1n) is 8.53. The Kier molecular flexibility index (Phi) is 6.21. The van der Waals surface area contributed by atoms with Crippen LogP contribution in [0, 0.1) is 5.82 Å². The van der Waals surface area contributed by atoms with Gasteiger partial charge in [-0.15, -0.1) is 0 Å².